The van der Waals surface area contributed by atoms with Gasteiger partial charge in [0.15, 0.2) is 4.77 Å². The van der Waals surface area contributed by atoms with Gasteiger partial charge in [-0.25, -0.2) is 0 Å². The summed E-state index contributed by atoms with van der Waals surface area (Å²) < 4.78 is 2.28. The Labute approximate surface area is 130 Å². The Kier molecular flexibility index (Phi) is 5.33. The number of H-pyrrole nitrogens is 1. The van der Waals surface area contributed by atoms with Crippen LogP contribution in [0.3, 0.4) is 0 Å². The predicted octanol–water partition coefficient (Wildman–Crippen LogP) is 3.70. The molecule has 2 aromatic rings. The van der Waals surface area contributed by atoms with Crippen molar-refractivity contribution in [1.29, 1.82) is 0 Å². The summed E-state index contributed by atoms with van der Waals surface area (Å²) in [5, 5.41) is 2.95. The number of nitrogens with one attached hydrogen (secondary N) is 2. The molecule has 2 rings (SSSR count). The second-order valence-electron chi connectivity index (χ2n) is 5.44. The maximum atomic E-state index is 12.3. The molecule has 1 aromatic heterocycles. The summed E-state index contributed by atoms with van der Waals surface area (Å²) in [6.45, 7) is 5.05. The molecule has 1 aromatic carbocycles. The first-order valence-corrected chi connectivity index (χ1v) is 7.64. The van der Waals surface area contributed by atoms with Crippen LogP contribution < -0.4 is 5.32 Å². The summed E-state index contributed by atoms with van der Waals surface area (Å²) in [5.41, 5.74) is 1.42. The lowest BCUT2D eigenvalue weighted by molar-refractivity contribution is 0.0945. The summed E-state index contributed by atoms with van der Waals surface area (Å²) in [4.78, 5) is 15.2. The molecule has 0 atom stereocenters. The van der Waals surface area contributed by atoms with Gasteiger partial charge in [0.1, 0.15) is 5.69 Å². The SMILES string of the molecule is CC(C)CCCNC(=O)c1c[nH]c(=S)n1-c1ccccc1. The third kappa shape index (κ3) is 4.04. The smallest absolute Gasteiger partial charge is 0.269 e. The van der Waals surface area contributed by atoms with Crippen LogP contribution in [0.25, 0.3) is 5.69 Å². The van der Waals surface area contributed by atoms with E-state index >= 15 is 0 Å². The van der Waals surface area contributed by atoms with Crippen LogP contribution in [0, 0.1) is 10.7 Å². The second-order valence-corrected chi connectivity index (χ2v) is 5.83. The molecular weight excluding hydrogens is 282 g/mol. The lowest BCUT2D eigenvalue weighted by atomic mass is 10.1. The van der Waals surface area contributed by atoms with Crippen molar-refractivity contribution >= 4 is 18.1 Å². The van der Waals surface area contributed by atoms with Crippen LogP contribution in [0.5, 0.6) is 0 Å². The second kappa shape index (κ2) is 7.22. The Morgan fingerprint density at radius 3 is 2.71 bits per heavy atom. The molecule has 0 aliphatic heterocycles. The van der Waals surface area contributed by atoms with Crippen LogP contribution in [-0.2, 0) is 0 Å². The fourth-order valence-corrected chi connectivity index (χ4v) is 2.43. The standard InChI is InChI=1S/C16H21N3OS/c1-12(2)7-6-10-17-15(20)14-11-18-16(21)19(14)13-8-4-3-5-9-13/h3-5,8-9,11-12H,6-7,10H2,1-2H3,(H,17,20)(H,18,21). The highest BCUT2D eigenvalue weighted by molar-refractivity contribution is 7.71. The first kappa shape index (κ1) is 15.5. The van der Waals surface area contributed by atoms with E-state index in [1.165, 1.54) is 0 Å². The van der Waals surface area contributed by atoms with Gasteiger partial charge < -0.3 is 10.3 Å². The summed E-state index contributed by atoms with van der Waals surface area (Å²) in [7, 11) is 0. The zero-order valence-electron chi connectivity index (χ0n) is 12.4. The van der Waals surface area contributed by atoms with E-state index in [-0.39, 0.29) is 5.91 Å². The summed E-state index contributed by atoms with van der Waals surface area (Å²) in [5.74, 6) is 0.553. The van der Waals surface area contributed by atoms with Gasteiger partial charge in [-0.05, 0) is 43.1 Å². The van der Waals surface area contributed by atoms with Crippen molar-refractivity contribution in [3.63, 3.8) is 0 Å². The molecule has 1 heterocycles. The molecule has 0 spiro atoms. The molecule has 0 saturated heterocycles. The van der Waals surface area contributed by atoms with E-state index in [0.717, 1.165) is 18.5 Å². The van der Waals surface area contributed by atoms with Crippen molar-refractivity contribution in [3.8, 4) is 5.69 Å². The number of benzene rings is 1. The van der Waals surface area contributed by atoms with E-state index in [0.29, 0.717) is 22.9 Å². The number of carbonyl (C=O) groups is 1. The zero-order chi connectivity index (χ0) is 15.2. The lowest BCUT2D eigenvalue weighted by Gasteiger charge is -2.09. The van der Waals surface area contributed by atoms with Crippen molar-refractivity contribution in [3.05, 3.63) is 47.0 Å². The van der Waals surface area contributed by atoms with Crippen molar-refractivity contribution in [2.24, 2.45) is 5.92 Å². The number of rotatable bonds is 6. The van der Waals surface area contributed by atoms with Gasteiger partial charge >= 0.3 is 0 Å². The molecule has 0 radical (unpaired) electrons. The van der Waals surface area contributed by atoms with Crippen LogP contribution in [0.2, 0.25) is 0 Å². The first-order chi connectivity index (χ1) is 10.1. The maximum absolute atomic E-state index is 12.3. The average molecular weight is 303 g/mol. The van der Waals surface area contributed by atoms with E-state index in [9.17, 15) is 4.79 Å². The number of amides is 1. The summed E-state index contributed by atoms with van der Waals surface area (Å²) in [6, 6.07) is 9.65. The van der Waals surface area contributed by atoms with Crippen LogP contribution >= 0.6 is 12.2 Å². The Balaban J connectivity index is 2.11. The molecule has 5 heteroatoms. The summed E-state index contributed by atoms with van der Waals surface area (Å²) in [6.07, 6.45) is 3.76. The summed E-state index contributed by atoms with van der Waals surface area (Å²) >= 11 is 5.27. The van der Waals surface area contributed by atoms with Crippen LogP contribution in [-0.4, -0.2) is 22.0 Å². The third-order valence-corrected chi connectivity index (χ3v) is 3.57. The molecule has 0 unspecified atom stereocenters. The van der Waals surface area contributed by atoms with Gasteiger partial charge in [0.25, 0.3) is 5.91 Å². The van der Waals surface area contributed by atoms with Gasteiger partial charge in [0.05, 0.1) is 0 Å². The Bertz CT molecular complexity index is 643. The minimum absolute atomic E-state index is 0.102. The largest absolute Gasteiger partial charge is 0.351 e. The molecule has 0 saturated carbocycles. The van der Waals surface area contributed by atoms with E-state index in [1.807, 2.05) is 30.3 Å². The molecular formula is C16H21N3OS. The van der Waals surface area contributed by atoms with Gasteiger partial charge in [-0.2, -0.15) is 0 Å². The average Bonchev–Trinajstić information content (AvgIpc) is 2.86. The number of para-hydroxylation sites is 1. The van der Waals surface area contributed by atoms with Crippen molar-refractivity contribution in [1.82, 2.24) is 14.9 Å². The highest BCUT2D eigenvalue weighted by Gasteiger charge is 2.13. The number of hydrogen-bond donors (Lipinski definition) is 2. The molecule has 0 fully saturated rings. The Morgan fingerprint density at radius 1 is 1.33 bits per heavy atom. The van der Waals surface area contributed by atoms with Gasteiger partial charge in [-0.15, -0.1) is 0 Å². The number of nitrogens with zero attached hydrogens (tertiary/aromatic N) is 1. The van der Waals surface area contributed by atoms with E-state index in [4.69, 9.17) is 12.2 Å². The highest BCUT2D eigenvalue weighted by atomic mass is 32.1. The van der Waals surface area contributed by atoms with Crippen LogP contribution in [0.4, 0.5) is 0 Å². The monoisotopic (exact) mass is 303 g/mol. The fourth-order valence-electron chi connectivity index (χ4n) is 2.17. The first-order valence-electron chi connectivity index (χ1n) is 7.23. The molecule has 0 aliphatic rings. The number of aromatic nitrogens is 2. The topological polar surface area (TPSA) is 49.8 Å². The molecule has 2 N–H and O–H groups in total. The number of hydrogen-bond acceptors (Lipinski definition) is 2. The van der Waals surface area contributed by atoms with E-state index < -0.39 is 0 Å². The molecule has 0 bridgehead atoms. The van der Waals surface area contributed by atoms with Crippen molar-refractivity contribution < 1.29 is 4.79 Å². The Hall–Kier alpha value is -1.88. The molecule has 0 aliphatic carbocycles. The van der Waals surface area contributed by atoms with Gasteiger partial charge in [0, 0.05) is 18.4 Å². The van der Waals surface area contributed by atoms with Gasteiger partial charge in [0.2, 0.25) is 0 Å². The highest BCUT2D eigenvalue weighted by Crippen LogP contribution is 2.12. The number of imidazole rings is 1. The van der Waals surface area contributed by atoms with Crippen molar-refractivity contribution in [2.75, 3.05) is 6.54 Å². The Morgan fingerprint density at radius 2 is 2.05 bits per heavy atom. The number of carbonyl (C=O) groups excluding carboxylic acids is 1. The molecule has 4 nitrogen and oxygen atoms in total. The minimum Gasteiger partial charge on any atom is -0.351 e. The van der Waals surface area contributed by atoms with E-state index in [1.54, 1.807) is 10.8 Å². The fraction of sp³-hybridized carbons (Fsp3) is 0.375. The van der Waals surface area contributed by atoms with Gasteiger partial charge in [-0.1, -0.05) is 32.0 Å². The van der Waals surface area contributed by atoms with Crippen molar-refractivity contribution in [2.45, 2.75) is 26.7 Å². The quantitative estimate of drug-likeness (QED) is 0.631. The van der Waals surface area contributed by atoms with Gasteiger partial charge in [-0.3, -0.25) is 9.36 Å². The zero-order valence-corrected chi connectivity index (χ0v) is 13.2. The van der Waals surface area contributed by atoms with Crippen LogP contribution in [0.15, 0.2) is 36.5 Å². The lowest BCUT2D eigenvalue weighted by Crippen LogP contribution is -2.26. The van der Waals surface area contributed by atoms with Crippen LogP contribution in [0.1, 0.15) is 37.2 Å². The predicted molar refractivity (Wildman–Crippen MR) is 87.4 cm³/mol. The normalized spacial score (nSPS) is 10.8. The molecule has 1 amide bonds. The third-order valence-electron chi connectivity index (χ3n) is 3.27. The minimum atomic E-state index is -0.102. The van der Waals surface area contributed by atoms with E-state index in [2.05, 4.69) is 24.1 Å². The maximum Gasteiger partial charge on any atom is 0.269 e. The molecule has 21 heavy (non-hydrogen) atoms. The number of aromatic amines is 1. The molecule has 112 valence electrons.